The van der Waals surface area contributed by atoms with Crippen LogP contribution in [0.25, 0.3) is 0 Å². The van der Waals surface area contributed by atoms with Gasteiger partial charge in [-0.25, -0.2) is 0 Å². The van der Waals surface area contributed by atoms with Gasteiger partial charge in [0.25, 0.3) is 0 Å². The lowest BCUT2D eigenvalue weighted by Crippen LogP contribution is -2.44. The second-order valence-electron chi connectivity index (χ2n) is 7.40. The molecule has 0 radical (unpaired) electrons. The second kappa shape index (κ2) is 10.8. The third kappa shape index (κ3) is 7.31. The van der Waals surface area contributed by atoms with Crippen molar-refractivity contribution in [1.29, 1.82) is 0 Å². The normalized spacial score (nSPS) is 19.2. The van der Waals surface area contributed by atoms with Gasteiger partial charge < -0.3 is 15.0 Å². The lowest BCUT2D eigenvalue weighted by Gasteiger charge is -2.31. The maximum Gasteiger partial charge on any atom is 0.112 e. The first-order valence-corrected chi connectivity index (χ1v) is 9.47. The van der Waals surface area contributed by atoms with Crippen molar-refractivity contribution in [3.05, 3.63) is 35.9 Å². The van der Waals surface area contributed by atoms with Gasteiger partial charge >= 0.3 is 0 Å². The molecule has 2 atom stereocenters. The Morgan fingerprint density at radius 2 is 1.92 bits per heavy atom. The summed E-state index contributed by atoms with van der Waals surface area (Å²) in [5.41, 5.74) is 1.31. The number of hydrogen-bond donors (Lipinski definition) is 2. The van der Waals surface area contributed by atoms with Crippen LogP contribution in [0.2, 0.25) is 0 Å². The summed E-state index contributed by atoms with van der Waals surface area (Å²) in [6.45, 7) is 14.0. The van der Waals surface area contributed by atoms with Crippen molar-refractivity contribution in [2.24, 2.45) is 11.8 Å². The maximum atomic E-state index is 6.21. The van der Waals surface area contributed by atoms with E-state index in [0.29, 0.717) is 11.8 Å². The van der Waals surface area contributed by atoms with Gasteiger partial charge in [-0.05, 0) is 31.0 Å². The molecular formula is C20H35N3O. The molecule has 24 heavy (non-hydrogen) atoms. The van der Waals surface area contributed by atoms with Crippen molar-refractivity contribution in [3.8, 4) is 0 Å². The van der Waals surface area contributed by atoms with Gasteiger partial charge in [0.05, 0.1) is 6.61 Å². The van der Waals surface area contributed by atoms with Crippen LogP contribution in [0.3, 0.4) is 0 Å². The SMILES string of the molecule is CC(C)COC(NCc1ccccc1)C(C)CN1CCCNCC1. The van der Waals surface area contributed by atoms with Gasteiger partial charge in [-0.3, -0.25) is 5.32 Å². The molecule has 2 unspecified atom stereocenters. The average Bonchev–Trinajstić information content (AvgIpc) is 2.84. The maximum absolute atomic E-state index is 6.21. The third-order valence-electron chi connectivity index (χ3n) is 4.46. The zero-order chi connectivity index (χ0) is 17.2. The molecular weight excluding hydrogens is 298 g/mol. The molecule has 2 rings (SSSR count). The van der Waals surface area contributed by atoms with Crippen LogP contribution >= 0.6 is 0 Å². The number of ether oxygens (including phenoxy) is 1. The zero-order valence-corrected chi connectivity index (χ0v) is 15.6. The predicted molar refractivity (Wildman–Crippen MR) is 101 cm³/mol. The number of rotatable bonds is 9. The first-order valence-electron chi connectivity index (χ1n) is 9.47. The molecule has 0 spiro atoms. The lowest BCUT2D eigenvalue weighted by atomic mass is 10.1. The Bertz CT molecular complexity index is 430. The minimum atomic E-state index is 0.101. The fourth-order valence-electron chi connectivity index (χ4n) is 3.12. The summed E-state index contributed by atoms with van der Waals surface area (Å²) < 4.78 is 6.21. The standard InChI is InChI=1S/C20H35N3O/c1-17(2)16-24-20(22-14-19-8-5-4-6-9-19)18(3)15-23-12-7-10-21-11-13-23/h4-6,8-9,17-18,20-22H,7,10-16H2,1-3H3. The molecule has 0 amide bonds. The van der Waals surface area contributed by atoms with Crippen LogP contribution in [0.1, 0.15) is 32.8 Å². The van der Waals surface area contributed by atoms with Crippen molar-refractivity contribution in [3.63, 3.8) is 0 Å². The highest BCUT2D eigenvalue weighted by atomic mass is 16.5. The van der Waals surface area contributed by atoms with Crippen molar-refractivity contribution >= 4 is 0 Å². The largest absolute Gasteiger partial charge is 0.363 e. The average molecular weight is 334 g/mol. The molecule has 1 heterocycles. The summed E-state index contributed by atoms with van der Waals surface area (Å²) in [7, 11) is 0. The van der Waals surface area contributed by atoms with Crippen molar-refractivity contribution in [1.82, 2.24) is 15.5 Å². The Morgan fingerprint density at radius 3 is 2.67 bits per heavy atom. The van der Waals surface area contributed by atoms with E-state index in [2.05, 4.69) is 66.6 Å². The van der Waals surface area contributed by atoms with E-state index >= 15 is 0 Å². The highest BCUT2D eigenvalue weighted by Gasteiger charge is 2.21. The zero-order valence-electron chi connectivity index (χ0n) is 15.6. The number of hydrogen-bond acceptors (Lipinski definition) is 4. The van der Waals surface area contributed by atoms with E-state index in [1.165, 1.54) is 18.5 Å². The van der Waals surface area contributed by atoms with Gasteiger partial charge in [0, 0.05) is 32.1 Å². The molecule has 4 nitrogen and oxygen atoms in total. The molecule has 2 N–H and O–H groups in total. The number of benzene rings is 1. The van der Waals surface area contributed by atoms with E-state index in [-0.39, 0.29) is 6.23 Å². The van der Waals surface area contributed by atoms with Crippen LogP contribution in [0.4, 0.5) is 0 Å². The number of nitrogens with one attached hydrogen (secondary N) is 2. The summed E-state index contributed by atoms with van der Waals surface area (Å²) in [6.07, 6.45) is 1.34. The Balaban J connectivity index is 1.87. The van der Waals surface area contributed by atoms with E-state index in [1.807, 2.05) is 0 Å². The van der Waals surface area contributed by atoms with E-state index < -0.39 is 0 Å². The monoisotopic (exact) mass is 333 g/mol. The Hall–Kier alpha value is -0.940. The van der Waals surface area contributed by atoms with E-state index in [1.54, 1.807) is 0 Å². The van der Waals surface area contributed by atoms with Gasteiger partial charge in [-0.1, -0.05) is 51.1 Å². The molecule has 1 fully saturated rings. The van der Waals surface area contributed by atoms with E-state index in [9.17, 15) is 0 Å². The molecule has 0 aromatic heterocycles. The molecule has 1 aromatic carbocycles. The van der Waals surface area contributed by atoms with Gasteiger partial charge in [-0.15, -0.1) is 0 Å². The summed E-state index contributed by atoms with van der Waals surface area (Å²) in [5.74, 6) is 1.02. The van der Waals surface area contributed by atoms with E-state index in [4.69, 9.17) is 4.74 Å². The van der Waals surface area contributed by atoms with E-state index in [0.717, 1.165) is 39.3 Å². The Morgan fingerprint density at radius 1 is 1.12 bits per heavy atom. The van der Waals surface area contributed by atoms with Crippen LogP contribution in [0.15, 0.2) is 30.3 Å². The number of nitrogens with zero attached hydrogens (tertiary/aromatic N) is 1. The second-order valence-corrected chi connectivity index (χ2v) is 7.40. The summed E-state index contributed by atoms with van der Waals surface area (Å²) in [5, 5.41) is 7.11. The molecule has 1 saturated heterocycles. The van der Waals surface area contributed by atoms with Gasteiger partial charge in [0.15, 0.2) is 0 Å². The third-order valence-corrected chi connectivity index (χ3v) is 4.46. The molecule has 0 bridgehead atoms. The molecule has 0 saturated carbocycles. The highest BCUT2D eigenvalue weighted by Crippen LogP contribution is 2.12. The molecule has 1 aliphatic heterocycles. The highest BCUT2D eigenvalue weighted by molar-refractivity contribution is 5.14. The quantitative estimate of drug-likeness (QED) is 0.681. The van der Waals surface area contributed by atoms with Crippen LogP contribution in [-0.4, -0.2) is 50.5 Å². The molecule has 1 aromatic rings. The first kappa shape index (κ1) is 19.4. The smallest absolute Gasteiger partial charge is 0.112 e. The van der Waals surface area contributed by atoms with Crippen LogP contribution in [0.5, 0.6) is 0 Å². The van der Waals surface area contributed by atoms with Crippen LogP contribution in [0, 0.1) is 11.8 Å². The van der Waals surface area contributed by atoms with Crippen LogP contribution in [-0.2, 0) is 11.3 Å². The Labute approximate surface area is 148 Å². The minimum Gasteiger partial charge on any atom is -0.363 e. The van der Waals surface area contributed by atoms with Gasteiger partial charge in [0.2, 0.25) is 0 Å². The van der Waals surface area contributed by atoms with Gasteiger partial charge in [0.1, 0.15) is 6.23 Å². The van der Waals surface area contributed by atoms with Crippen molar-refractivity contribution in [2.75, 3.05) is 39.3 Å². The molecule has 0 aliphatic carbocycles. The summed E-state index contributed by atoms with van der Waals surface area (Å²) in [6, 6.07) is 10.6. The van der Waals surface area contributed by atoms with Crippen molar-refractivity contribution in [2.45, 2.75) is 40.0 Å². The Kier molecular flexibility index (Phi) is 8.75. The minimum absolute atomic E-state index is 0.101. The fraction of sp³-hybridized carbons (Fsp3) is 0.700. The first-order chi connectivity index (χ1) is 11.6. The van der Waals surface area contributed by atoms with Gasteiger partial charge in [-0.2, -0.15) is 0 Å². The summed E-state index contributed by atoms with van der Waals surface area (Å²) in [4.78, 5) is 2.57. The van der Waals surface area contributed by atoms with Crippen molar-refractivity contribution < 1.29 is 4.74 Å². The fourth-order valence-corrected chi connectivity index (χ4v) is 3.12. The molecule has 136 valence electrons. The lowest BCUT2D eigenvalue weighted by molar-refractivity contribution is -0.0276. The molecule has 1 aliphatic rings. The molecule has 4 heteroatoms. The summed E-state index contributed by atoms with van der Waals surface area (Å²) >= 11 is 0. The topological polar surface area (TPSA) is 36.5 Å². The predicted octanol–water partition coefficient (Wildman–Crippen LogP) is 2.71. The van der Waals surface area contributed by atoms with Crippen LogP contribution < -0.4 is 10.6 Å².